The SMILES string of the molecule is O=C(O)CN(CCCN(CC(=O)O)C1CCC(C(=O)O)CC1[S-])C1CCCCC1[S-].[O]=[Tc+4]. The maximum atomic E-state index is 11.4. The molecule has 181 valence electrons. The van der Waals surface area contributed by atoms with E-state index in [0.29, 0.717) is 38.8 Å². The Bertz CT molecular complexity index is 631. The Morgan fingerprint density at radius 3 is 1.72 bits per heavy atom. The van der Waals surface area contributed by atoms with Crippen LogP contribution in [0.3, 0.4) is 0 Å². The van der Waals surface area contributed by atoms with Gasteiger partial charge in [-0.1, -0.05) is 25.7 Å². The predicted octanol–water partition coefficient (Wildman–Crippen LogP) is 1.06. The zero-order valence-electron chi connectivity index (χ0n) is 17.9. The second-order valence-corrected chi connectivity index (χ2v) is 9.64. The molecule has 0 aliphatic heterocycles. The van der Waals surface area contributed by atoms with E-state index < -0.39 is 23.8 Å². The summed E-state index contributed by atoms with van der Waals surface area (Å²) in [7, 11) is 0. The van der Waals surface area contributed by atoms with Crippen molar-refractivity contribution >= 4 is 43.2 Å². The molecule has 0 aromatic carbocycles. The van der Waals surface area contributed by atoms with Crippen LogP contribution in [0.15, 0.2) is 0 Å². The van der Waals surface area contributed by atoms with Crippen molar-refractivity contribution in [2.45, 2.75) is 74.0 Å². The molecule has 32 heavy (non-hydrogen) atoms. The summed E-state index contributed by atoms with van der Waals surface area (Å²) in [6.07, 6.45) is 5.98. The van der Waals surface area contributed by atoms with Crippen molar-refractivity contribution in [3.8, 4) is 0 Å². The van der Waals surface area contributed by atoms with Crippen molar-refractivity contribution in [1.29, 1.82) is 0 Å². The summed E-state index contributed by atoms with van der Waals surface area (Å²) in [5, 5.41) is 27.6. The van der Waals surface area contributed by atoms with Gasteiger partial charge in [0, 0.05) is 13.1 Å². The van der Waals surface area contributed by atoms with Crippen LogP contribution in [0, 0.1) is 5.92 Å². The number of hydrogen-bond acceptors (Lipinski definition) is 8. The van der Waals surface area contributed by atoms with E-state index in [1.54, 1.807) is 0 Å². The van der Waals surface area contributed by atoms with Crippen LogP contribution < -0.4 is 0 Å². The molecule has 5 unspecified atom stereocenters. The van der Waals surface area contributed by atoms with Crippen molar-refractivity contribution in [3.05, 3.63) is 0 Å². The van der Waals surface area contributed by atoms with Crippen LogP contribution in [-0.2, 0) is 62.0 Å². The monoisotopic (exact) mass is 573 g/mol. The summed E-state index contributed by atoms with van der Waals surface area (Å²) in [6.45, 7) is 0.797. The third-order valence-corrected chi connectivity index (χ3v) is 7.34. The van der Waals surface area contributed by atoms with Gasteiger partial charge in [-0.15, -0.1) is 10.5 Å². The van der Waals surface area contributed by atoms with Gasteiger partial charge in [0.1, 0.15) is 0 Å². The Balaban J connectivity index is 0.00000249. The molecule has 0 aromatic heterocycles. The van der Waals surface area contributed by atoms with Crippen molar-refractivity contribution in [1.82, 2.24) is 9.80 Å². The quantitative estimate of drug-likeness (QED) is 0.306. The topological polar surface area (TPSA) is 135 Å². The second kappa shape index (κ2) is 15.4. The Labute approximate surface area is 210 Å². The zero-order chi connectivity index (χ0) is 24.3. The molecule has 0 heterocycles. The zero-order valence-corrected chi connectivity index (χ0v) is 21.4. The minimum atomic E-state index is -0.946. The number of rotatable bonds is 11. The minimum absolute atomic E-state index is 0.0385. The fourth-order valence-electron chi connectivity index (χ4n) is 4.80. The van der Waals surface area contributed by atoms with Gasteiger partial charge in [0.2, 0.25) is 0 Å². The first-order valence-electron chi connectivity index (χ1n) is 10.8. The molecule has 3 N–H and O–H groups in total. The number of carbonyl (C=O) groups is 3. The summed E-state index contributed by atoms with van der Waals surface area (Å²) in [5.74, 6) is -3.14. The Morgan fingerprint density at radius 2 is 1.28 bits per heavy atom. The van der Waals surface area contributed by atoms with Gasteiger partial charge in [-0.25, -0.2) is 0 Å². The summed E-state index contributed by atoms with van der Waals surface area (Å²) in [4.78, 5) is 37.8. The molecule has 9 nitrogen and oxygen atoms in total. The normalized spacial score (nSPS) is 28.1. The molecule has 0 bridgehead atoms. The van der Waals surface area contributed by atoms with Crippen LogP contribution in [0.1, 0.15) is 51.4 Å². The first-order valence-corrected chi connectivity index (χ1v) is 12.5. The van der Waals surface area contributed by atoms with E-state index in [-0.39, 0.29) is 35.7 Å². The number of hydrogen-bond donors (Lipinski definition) is 3. The van der Waals surface area contributed by atoms with E-state index in [4.69, 9.17) is 28.8 Å². The molecule has 5 atom stereocenters. The van der Waals surface area contributed by atoms with Crippen molar-refractivity contribution < 1.29 is 52.1 Å². The van der Waals surface area contributed by atoms with Gasteiger partial charge < -0.3 is 40.6 Å². The second-order valence-electron chi connectivity index (χ2n) is 8.43. The van der Waals surface area contributed by atoms with Gasteiger partial charge in [-0.2, -0.15) is 0 Å². The van der Waals surface area contributed by atoms with Crippen LogP contribution in [0.2, 0.25) is 0 Å². The Morgan fingerprint density at radius 1 is 0.781 bits per heavy atom. The summed E-state index contributed by atoms with van der Waals surface area (Å²) >= 11 is 12.0. The maximum absolute atomic E-state index is 11.4. The molecule has 0 amide bonds. The average Bonchev–Trinajstić information content (AvgIpc) is 2.73. The molecule has 2 fully saturated rings. The first kappa shape index (κ1) is 29.5. The van der Waals surface area contributed by atoms with E-state index in [2.05, 4.69) is 0 Å². The van der Waals surface area contributed by atoms with Crippen LogP contribution >= 0.6 is 0 Å². The number of aliphatic carboxylic acids is 3. The molecule has 2 saturated carbocycles. The molecule has 0 spiro atoms. The van der Waals surface area contributed by atoms with E-state index in [1.165, 1.54) is 0 Å². The van der Waals surface area contributed by atoms with Gasteiger partial charge in [0.05, 0.1) is 19.0 Å². The molecular formula is C20H32N2O7S2Tc+2. The molecule has 0 saturated heterocycles. The third-order valence-electron chi connectivity index (χ3n) is 6.28. The van der Waals surface area contributed by atoms with Crippen LogP contribution in [0.5, 0.6) is 0 Å². The number of carboxylic acid groups (broad SMARTS) is 3. The van der Waals surface area contributed by atoms with Gasteiger partial charge >= 0.3 is 40.3 Å². The van der Waals surface area contributed by atoms with E-state index in [9.17, 15) is 29.7 Å². The van der Waals surface area contributed by atoms with Gasteiger partial charge in [-0.05, 0) is 37.8 Å². The van der Waals surface area contributed by atoms with E-state index in [1.807, 2.05) is 9.80 Å². The molecule has 0 radical (unpaired) electrons. The van der Waals surface area contributed by atoms with Gasteiger partial charge in [-0.3, -0.25) is 24.2 Å². The van der Waals surface area contributed by atoms with Crippen molar-refractivity contribution in [3.63, 3.8) is 0 Å². The van der Waals surface area contributed by atoms with Crippen molar-refractivity contribution in [2.75, 3.05) is 26.2 Å². The van der Waals surface area contributed by atoms with Gasteiger partial charge in [0.15, 0.2) is 0 Å². The van der Waals surface area contributed by atoms with Gasteiger partial charge in [0.25, 0.3) is 0 Å². The number of nitrogens with zero attached hydrogens (tertiary/aromatic N) is 2. The fourth-order valence-corrected chi connectivity index (χ4v) is 5.81. The van der Waals surface area contributed by atoms with E-state index >= 15 is 0 Å². The molecule has 12 heteroatoms. The Hall–Kier alpha value is -0.521. The molecule has 2 aliphatic rings. The predicted molar refractivity (Wildman–Crippen MR) is 117 cm³/mol. The third kappa shape index (κ3) is 9.77. The summed E-state index contributed by atoms with van der Waals surface area (Å²) in [6, 6.07) is -0.0866. The molecular weight excluding hydrogens is 542 g/mol. The van der Waals surface area contributed by atoms with Crippen LogP contribution in [0.25, 0.3) is 0 Å². The van der Waals surface area contributed by atoms with Crippen LogP contribution in [0.4, 0.5) is 0 Å². The number of carboxylic acids is 3. The van der Waals surface area contributed by atoms with E-state index in [0.717, 1.165) is 44.5 Å². The van der Waals surface area contributed by atoms with Crippen molar-refractivity contribution in [2.24, 2.45) is 5.92 Å². The Kier molecular flexibility index (Phi) is 14.2. The summed E-state index contributed by atoms with van der Waals surface area (Å²) in [5.41, 5.74) is 0. The average molecular weight is 575 g/mol. The summed E-state index contributed by atoms with van der Waals surface area (Å²) < 4.78 is 8.22. The molecule has 0 aromatic rings. The fraction of sp³-hybridized carbons (Fsp3) is 0.850. The standard InChI is InChI=1S/C20H34N2O6S2.O.Tc/c23-18(24)11-21(14-4-1-2-5-16(14)29)8-3-9-22(12-19(25)26)15-7-6-13(20(27)28)10-17(15)30;;/h13-17,29-30H,1-12H2,(H,23,24)(H,25,26)(H,27,28);;/q;;+4/p-2. The molecule has 2 aliphatic carbocycles. The van der Waals surface area contributed by atoms with Crippen LogP contribution in [-0.4, -0.2) is 91.8 Å². The first-order chi connectivity index (χ1) is 15.2. The molecule has 2 rings (SSSR count).